The maximum Gasteiger partial charge on any atom is 0.254 e. The van der Waals surface area contributed by atoms with Gasteiger partial charge in [-0.15, -0.1) is 12.4 Å². The summed E-state index contributed by atoms with van der Waals surface area (Å²) in [5, 5.41) is 0. The van der Waals surface area contributed by atoms with Crippen LogP contribution in [0.15, 0.2) is 24.3 Å². The number of carbonyl (C=O) groups is 1. The van der Waals surface area contributed by atoms with E-state index < -0.39 is 0 Å². The van der Waals surface area contributed by atoms with E-state index in [2.05, 4.69) is 13.8 Å². The summed E-state index contributed by atoms with van der Waals surface area (Å²) in [6, 6.07) is 8.14. The van der Waals surface area contributed by atoms with E-state index in [1.807, 2.05) is 29.2 Å². The van der Waals surface area contributed by atoms with Gasteiger partial charge in [-0.1, -0.05) is 26.0 Å². The van der Waals surface area contributed by atoms with Crippen LogP contribution in [0.5, 0.6) is 0 Å². The summed E-state index contributed by atoms with van der Waals surface area (Å²) in [7, 11) is 0. The van der Waals surface area contributed by atoms with Crippen LogP contribution in [-0.4, -0.2) is 29.9 Å². The number of nitrogens with zero attached hydrogens (tertiary/aromatic N) is 1. The molecule has 1 amide bonds. The van der Waals surface area contributed by atoms with Gasteiger partial charge in [0.1, 0.15) is 0 Å². The smallest absolute Gasteiger partial charge is 0.254 e. The molecule has 2 N–H and O–H groups in total. The second kappa shape index (κ2) is 7.65. The van der Waals surface area contributed by atoms with E-state index in [-0.39, 0.29) is 24.4 Å². The molecule has 112 valence electrons. The second-order valence-corrected chi connectivity index (χ2v) is 5.47. The van der Waals surface area contributed by atoms with Crippen molar-refractivity contribution in [2.75, 3.05) is 13.1 Å². The van der Waals surface area contributed by atoms with E-state index in [0.717, 1.165) is 24.9 Å². The Morgan fingerprint density at radius 2 is 2.00 bits per heavy atom. The highest BCUT2D eigenvalue weighted by Gasteiger charge is 2.31. The molecule has 0 aliphatic carbocycles. The van der Waals surface area contributed by atoms with Crippen molar-refractivity contribution in [2.45, 2.75) is 39.2 Å². The predicted molar refractivity (Wildman–Crippen MR) is 85.3 cm³/mol. The van der Waals surface area contributed by atoms with Gasteiger partial charge in [-0.2, -0.15) is 0 Å². The molecular weight excluding hydrogens is 272 g/mol. The summed E-state index contributed by atoms with van der Waals surface area (Å²) < 4.78 is 0. The monoisotopic (exact) mass is 296 g/mol. The minimum Gasteiger partial charge on any atom is -0.334 e. The van der Waals surface area contributed by atoms with Crippen LogP contribution in [0.25, 0.3) is 0 Å². The van der Waals surface area contributed by atoms with E-state index >= 15 is 0 Å². The van der Waals surface area contributed by atoms with Crippen LogP contribution in [0.1, 0.15) is 42.6 Å². The Balaban J connectivity index is 0.00000200. The van der Waals surface area contributed by atoms with E-state index in [1.54, 1.807) is 0 Å². The Labute approximate surface area is 127 Å². The van der Waals surface area contributed by atoms with Gasteiger partial charge in [0.05, 0.1) is 0 Å². The summed E-state index contributed by atoms with van der Waals surface area (Å²) in [5.41, 5.74) is 7.90. The third kappa shape index (κ3) is 3.53. The summed E-state index contributed by atoms with van der Waals surface area (Å²) in [6.45, 7) is 5.70. The number of hydrogen-bond acceptors (Lipinski definition) is 2. The number of amides is 1. The zero-order valence-corrected chi connectivity index (χ0v) is 13.2. The number of hydrogen-bond donors (Lipinski definition) is 1. The zero-order valence-electron chi connectivity index (χ0n) is 12.3. The highest BCUT2D eigenvalue weighted by Crippen LogP contribution is 2.24. The fraction of sp³-hybridized carbons (Fsp3) is 0.562. The van der Waals surface area contributed by atoms with Gasteiger partial charge in [-0.3, -0.25) is 4.79 Å². The topological polar surface area (TPSA) is 46.3 Å². The molecule has 0 bridgehead atoms. The average Bonchev–Trinajstić information content (AvgIpc) is 2.46. The predicted octanol–water partition coefficient (Wildman–Crippen LogP) is 2.87. The van der Waals surface area contributed by atoms with Gasteiger partial charge in [0, 0.05) is 24.7 Å². The quantitative estimate of drug-likeness (QED) is 0.932. The van der Waals surface area contributed by atoms with Gasteiger partial charge in [0.25, 0.3) is 5.91 Å². The molecule has 0 saturated carbocycles. The summed E-state index contributed by atoms with van der Waals surface area (Å²) in [4.78, 5) is 14.6. The highest BCUT2D eigenvalue weighted by molar-refractivity contribution is 5.94. The molecule has 1 heterocycles. The lowest BCUT2D eigenvalue weighted by Gasteiger charge is -2.39. The number of carbonyl (C=O) groups excluding carboxylic acids is 1. The highest BCUT2D eigenvalue weighted by atomic mass is 35.5. The molecule has 4 heteroatoms. The van der Waals surface area contributed by atoms with Gasteiger partial charge >= 0.3 is 0 Å². The van der Waals surface area contributed by atoms with E-state index in [0.29, 0.717) is 12.5 Å². The standard InChI is InChI=1S/C16H24N2O.ClH/c1-3-13-6-8-14(9-7-13)16(19)18-10-4-5-12(2)15(18)11-17;/h6-9,12,15H,3-5,10-11,17H2,1-2H3;1H. The van der Waals surface area contributed by atoms with Gasteiger partial charge < -0.3 is 10.6 Å². The molecule has 1 aliphatic heterocycles. The average molecular weight is 297 g/mol. The summed E-state index contributed by atoms with van der Waals surface area (Å²) in [6.07, 6.45) is 3.25. The normalized spacial score (nSPS) is 22.2. The van der Waals surface area contributed by atoms with Gasteiger partial charge in [0.2, 0.25) is 0 Å². The van der Waals surface area contributed by atoms with Crippen LogP contribution >= 0.6 is 12.4 Å². The van der Waals surface area contributed by atoms with Crippen molar-refractivity contribution in [3.63, 3.8) is 0 Å². The van der Waals surface area contributed by atoms with Crippen LogP contribution < -0.4 is 5.73 Å². The van der Waals surface area contributed by atoms with Gasteiger partial charge in [-0.25, -0.2) is 0 Å². The number of rotatable bonds is 3. The van der Waals surface area contributed by atoms with Gasteiger partial charge in [0.15, 0.2) is 0 Å². The lowest BCUT2D eigenvalue weighted by Crippen LogP contribution is -2.51. The molecule has 1 aromatic rings. The molecule has 2 unspecified atom stereocenters. The molecule has 1 saturated heterocycles. The first-order chi connectivity index (χ1) is 9.17. The minimum absolute atomic E-state index is 0. The largest absolute Gasteiger partial charge is 0.334 e. The first-order valence-corrected chi connectivity index (χ1v) is 7.27. The van der Waals surface area contributed by atoms with Crippen LogP contribution in [-0.2, 0) is 6.42 Å². The lowest BCUT2D eigenvalue weighted by molar-refractivity contribution is 0.0532. The molecule has 20 heavy (non-hydrogen) atoms. The second-order valence-electron chi connectivity index (χ2n) is 5.47. The maximum absolute atomic E-state index is 12.6. The Morgan fingerprint density at radius 3 is 2.55 bits per heavy atom. The molecule has 1 fully saturated rings. The number of likely N-dealkylation sites (tertiary alicyclic amines) is 1. The zero-order chi connectivity index (χ0) is 13.8. The SMILES string of the molecule is CCc1ccc(C(=O)N2CCCC(C)C2CN)cc1.Cl. The molecule has 0 radical (unpaired) electrons. The van der Waals surface area contributed by atoms with Crippen molar-refractivity contribution in [2.24, 2.45) is 11.7 Å². The molecule has 1 aliphatic rings. The Bertz CT molecular complexity index is 433. The van der Waals surface area contributed by atoms with Crippen molar-refractivity contribution in [3.8, 4) is 0 Å². The van der Waals surface area contributed by atoms with Crippen LogP contribution in [0.2, 0.25) is 0 Å². The number of benzene rings is 1. The molecule has 0 aromatic heterocycles. The van der Waals surface area contributed by atoms with Crippen LogP contribution in [0, 0.1) is 5.92 Å². The fourth-order valence-corrected chi connectivity index (χ4v) is 2.91. The fourth-order valence-electron chi connectivity index (χ4n) is 2.91. The van der Waals surface area contributed by atoms with Crippen molar-refractivity contribution in [1.82, 2.24) is 4.90 Å². The van der Waals surface area contributed by atoms with Crippen molar-refractivity contribution in [3.05, 3.63) is 35.4 Å². The summed E-state index contributed by atoms with van der Waals surface area (Å²) >= 11 is 0. The lowest BCUT2D eigenvalue weighted by atomic mass is 9.90. The molecular formula is C16H25ClN2O. The maximum atomic E-state index is 12.6. The first-order valence-electron chi connectivity index (χ1n) is 7.27. The molecule has 0 spiro atoms. The molecule has 2 atom stereocenters. The number of nitrogens with two attached hydrogens (primary N) is 1. The van der Waals surface area contributed by atoms with Crippen molar-refractivity contribution >= 4 is 18.3 Å². The van der Waals surface area contributed by atoms with E-state index in [4.69, 9.17) is 5.73 Å². The first kappa shape index (κ1) is 17.0. The van der Waals surface area contributed by atoms with Crippen molar-refractivity contribution < 1.29 is 4.79 Å². The Morgan fingerprint density at radius 1 is 1.35 bits per heavy atom. The summed E-state index contributed by atoms with van der Waals surface area (Å²) in [5.74, 6) is 0.627. The Kier molecular flexibility index (Phi) is 6.50. The van der Waals surface area contributed by atoms with Crippen LogP contribution in [0.4, 0.5) is 0 Å². The van der Waals surface area contributed by atoms with E-state index in [1.165, 1.54) is 12.0 Å². The number of aryl methyl sites for hydroxylation is 1. The molecule has 3 nitrogen and oxygen atoms in total. The molecule has 1 aromatic carbocycles. The van der Waals surface area contributed by atoms with Crippen molar-refractivity contribution in [1.29, 1.82) is 0 Å². The van der Waals surface area contributed by atoms with E-state index in [9.17, 15) is 4.79 Å². The Hall–Kier alpha value is -1.06. The molecule has 2 rings (SSSR count). The third-order valence-corrected chi connectivity index (χ3v) is 4.23. The number of piperidine rings is 1. The minimum atomic E-state index is 0. The van der Waals surface area contributed by atoms with Crippen LogP contribution in [0.3, 0.4) is 0 Å². The third-order valence-electron chi connectivity index (χ3n) is 4.23. The van der Waals surface area contributed by atoms with Gasteiger partial charge in [-0.05, 0) is 42.9 Å². The number of halogens is 1.